The van der Waals surface area contributed by atoms with Gasteiger partial charge in [-0.2, -0.15) is 0 Å². The molecule has 0 radical (unpaired) electrons. The fourth-order valence-electron chi connectivity index (χ4n) is 8.36. The molecule has 0 fully saturated rings. The minimum atomic E-state index is -0.0292. The smallest absolute Gasteiger partial charge is 0.252 e. The second-order valence-electron chi connectivity index (χ2n) is 20.0. The molecule has 3 nitrogen and oxygen atoms in total. The molecule has 6 aromatic carbocycles. The summed E-state index contributed by atoms with van der Waals surface area (Å²) in [6.45, 7) is 27.7. The average molecular weight is 737 g/mol. The molecule has 0 saturated carbocycles. The highest BCUT2D eigenvalue weighted by atomic mass is 16.5. The first-order chi connectivity index (χ1) is 26.3. The van der Waals surface area contributed by atoms with Crippen LogP contribution in [-0.4, -0.2) is 6.71 Å². The maximum Gasteiger partial charge on any atom is 0.252 e. The van der Waals surface area contributed by atoms with E-state index in [4.69, 9.17) is 4.74 Å². The van der Waals surface area contributed by atoms with Gasteiger partial charge >= 0.3 is 0 Å². The minimum Gasteiger partial charge on any atom is -0.457 e. The van der Waals surface area contributed by atoms with E-state index in [1.165, 1.54) is 50.0 Å². The van der Waals surface area contributed by atoms with Crippen molar-refractivity contribution < 1.29 is 4.74 Å². The summed E-state index contributed by atoms with van der Waals surface area (Å²) in [5.41, 5.74) is 16.1. The fraction of sp³-hybridized carbons (Fsp3) is 0.308. The van der Waals surface area contributed by atoms with Gasteiger partial charge in [0.1, 0.15) is 11.5 Å². The third-order valence-electron chi connectivity index (χ3n) is 11.7. The third kappa shape index (κ3) is 6.72. The Hall–Kier alpha value is -5.22. The summed E-state index contributed by atoms with van der Waals surface area (Å²) in [6.07, 6.45) is 0. The highest BCUT2D eigenvalue weighted by Gasteiger charge is 2.44. The van der Waals surface area contributed by atoms with Crippen molar-refractivity contribution in [2.45, 2.75) is 105 Å². The normalized spacial score (nSPS) is 14.0. The number of hydrogen-bond acceptors (Lipinski definition) is 3. The minimum absolute atomic E-state index is 0.0132. The number of para-hydroxylation sites is 1. The van der Waals surface area contributed by atoms with Gasteiger partial charge in [0.05, 0.1) is 0 Å². The van der Waals surface area contributed by atoms with Crippen LogP contribution in [0.3, 0.4) is 0 Å². The Balaban J connectivity index is 1.50. The van der Waals surface area contributed by atoms with Crippen LogP contribution in [0.1, 0.15) is 105 Å². The summed E-state index contributed by atoms with van der Waals surface area (Å²) in [4.78, 5) is 5.04. The van der Waals surface area contributed by atoms with E-state index < -0.39 is 0 Å². The molecule has 6 aromatic rings. The van der Waals surface area contributed by atoms with Crippen LogP contribution in [-0.2, 0) is 21.7 Å². The van der Waals surface area contributed by atoms with Gasteiger partial charge in [-0.25, -0.2) is 0 Å². The van der Waals surface area contributed by atoms with Crippen molar-refractivity contribution in [3.8, 4) is 11.5 Å². The molecule has 0 amide bonds. The number of anilines is 6. The van der Waals surface area contributed by atoms with Crippen molar-refractivity contribution >= 4 is 57.2 Å². The van der Waals surface area contributed by atoms with Crippen LogP contribution >= 0.6 is 0 Å². The molecular weight excluding hydrogens is 679 g/mol. The number of fused-ring (bicyclic) bond motifs is 4. The van der Waals surface area contributed by atoms with Gasteiger partial charge < -0.3 is 14.5 Å². The quantitative estimate of drug-likeness (QED) is 0.167. The molecule has 2 heterocycles. The Labute approximate surface area is 336 Å². The van der Waals surface area contributed by atoms with E-state index in [9.17, 15) is 0 Å². The molecule has 0 aromatic heterocycles. The SMILES string of the molecule is CC(C)(C)c1cccc(N2c3cc(C(C)(C)C)ccc3B3c4ccc(C(C)(C)C)cc4N(c4cccc(C(C)(C)C)c4)c4cc(Oc5ccccc5)cc2c43)c1. The van der Waals surface area contributed by atoms with Gasteiger partial charge in [0.15, 0.2) is 0 Å². The zero-order valence-corrected chi connectivity index (χ0v) is 35.5. The molecule has 56 heavy (non-hydrogen) atoms. The van der Waals surface area contributed by atoms with Crippen molar-refractivity contribution in [3.63, 3.8) is 0 Å². The van der Waals surface area contributed by atoms with E-state index in [1.807, 2.05) is 30.3 Å². The lowest BCUT2D eigenvalue weighted by molar-refractivity contribution is 0.483. The van der Waals surface area contributed by atoms with E-state index >= 15 is 0 Å². The number of ether oxygens (including phenoxy) is 1. The molecule has 2 aliphatic rings. The van der Waals surface area contributed by atoms with Crippen LogP contribution in [0.5, 0.6) is 11.5 Å². The van der Waals surface area contributed by atoms with Crippen LogP contribution in [0.25, 0.3) is 0 Å². The molecule has 0 atom stereocenters. The molecule has 0 bridgehead atoms. The van der Waals surface area contributed by atoms with Gasteiger partial charge in [0.2, 0.25) is 0 Å². The van der Waals surface area contributed by atoms with Crippen LogP contribution in [0.15, 0.2) is 127 Å². The Morgan fingerprint density at radius 3 is 1.20 bits per heavy atom. The zero-order valence-electron chi connectivity index (χ0n) is 35.5. The highest BCUT2D eigenvalue weighted by molar-refractivity contribution is 7.00. The summed E-state index contributed by atoms with van der Waals surface area (Å²) in [7, 11) is 0. The van der Waals surface area contributed by atoms with Crippen LogP contribution in [0.4, 0.5) is 34.1 Å². The molecule has 2 aliphatic heterocycles. The summed E-state index contributed by atoms with van der Waals surface area (Å²) in [5.74, 6) is 1.62. The zero-order chi connectivity index (χ0) is 39.9. The molecule has 0 saturated heterocycles. The average Bonchev–Trinajstić information content (AvgIpc) is 3.13. The first kappa shape index (κ1) is 37.7. The molecule has 284 valence electrons. The van der Waals surface area contributed by atoms with Crippen LogP contribution in [0.2, 0.25) is 0 Å². The Bertz CT molecular complexity index is 2310. The molecular formula is C52H57BN2O. The van der Waals surface area contributed by atoms with Gasteiger partial charge in [-0.15, -0.1) is 0 Å². The number of nitrogens with zero attached hydrogens (tertiary/aromatic N) is 2. The van der Waals surface area contributed by atoms with Crippen molar-refractivity contribution in [1.29, 1.82) is 0 Å². The maximum atomic E-state index is 6.85. The molecule has 0 N–H and O–H groups in total. The van der Waals surface area contributed by atoms with E-state index in [-0.39, 0.29) is 28.4 Å². The van der Waals surface area contributed by atoms with Crippen LogP contribution in [0, 0.1) is 0 Å². The largest absolute Gasteiger partial charge is 0.457 e. The Morgan fingerprint density at radius 1 is 0.375 bits per heavy atom. The summed E-state index contributed by atoms with van der Waals surface area (Å²) < 4.78 is 6.85. The van der Waals surface area contributed by atoms with Gasteiger partial charge in [-0.05, 0) is 109 Å². The van der Waals surface area contributed by atoms with Crippen molar-refractivity contribution in [3.05, 3.63) is 150 Å². The Morgan fingerprint density at radius 2 is 0.786 bits per heavy atom. The van der Waals surface area contributed by atoms with Gasteiger partial charge in [0.25, 0.3) is 6.71 Å². The summed E-state index contributed by atoms with van der Waals surface area (Å²) in [6, 6.07) is 47.5. The van der Waals surface area contributed by atoms with Crippen molar-refractivity contribution in [2.75, 3.05) is 9.80 Å². The number of hydrogen-bond donors (Lipinski definition) is 0. The molecule has 8 rings (SSSR count). The number of rotatable bonds is 4. The second-order valence-corrected chi connectivity index (χ2v) is 20.0. The monoisotopic (exact) mass is 736 g/mol. The molecule has 4 heteroatoms. The fourth-order valence-corrected chi connectivity index (χ4v) is 8.36. The lowest BCUT2D eigenvalue weighted by Gasteiger charge is -2.45. The molecule has 0 aliphatic carbocycles. The van der Waals surface area contributed by atoms with Crippen molar-refractivity contribution in [2.24, 2.45) is 0 Å². The van der Waals surface area contributed by atoms with E-state index in [0.29, 0.717) is 0 Å². The topological polar surface area (TPSA) is 15.7 Å². The highest BCUT2D eigenvalue weighted by Crippen LogP contribution is 2.48. The van der Waals surface area contributed by atoms with E-state index in [0.717, 1.165) is 34.2 Å². The van der Waals surface area contributed by atoms with Gasteiger partial charge in [-0.3, -0.25) is 0 Å². The summed E-state index contributed by atoms with van der Waals surface area (Å²) in [5, 5.41) is 0. The Kier molecular flexibility index (Phi) is 8.88. The predicted molar refractivity (Wildman–Crippen MR) is 242 cm³/mol. The van der Waals surface area contributed by atoms with E-state index in [2.05, 4.69) is 190 Å². The standard InChI is InChI=1S/C52H57BN2O/c1-49(2,3)34-18-16-20-38(28-34)54-44-30-36(51(7,8)9)24-26-42(44)53-43-27-25-37(52(10,11)12)31-45(43)55(39-21-17-19-35(29-39)50(4,5)6)47-33-41(32-46(54)48(47)53)56-40-22-14-13-15-23-40/h13-33H,1-12H3. The lowest BCUT2D eigenvalue weighted by atomic mass is 9.33. The third-order valence-corrected chi connectivity index (χ3v) is 11.7. The summed E-state index contributed by atoms with van der Waals surface area (Å²) >= 11 is 0. The van der Waals surface area contributed by atoms with Gasteiger partial charge in [0, 0.05) is 46.3 Å². The van der Waals surface area contributed by atoms with Crippen molar-refractivity contribution in [1.82, 2.24) is 0 Å². The van der Waals surface area contributed by atoms with Crippen LogP contribution < -0.4 is 30.9 Å². The molecule has 0 spiro atoms. The van der Waals surface area contributed by atoms with Gasteiger partial charge in [-0.1, -0.05) is 150 Å². The second kappa shape index (κ2) is 13.2. The lowest BCUT2D eigenvalue weighted by Crippen LogP contribution is -2.61. The first-order valence-electron chi connectivity index (χ1n) is 20.3. The van der Waals surface area contributed by atoms with E-state index in [1.54, 1.807) is 0 Å². The number of benzene rings is 6. The first-order valence-corrected chi connectivity index (χ1v) is 20.3. The predicted octanol–water partition coefficient (Wildman–Crippen LogP) is 12.8. The molecule has 0 unspecified atom stereocenters. The maximum absolute atomic E-state index is 6.85.